The lowest BCUT2D eigenvalue weighted by Gasteiger charge is -2.37. The molecule has 0 bridgehead atoms. The molecule has 6 rings (SSSR count). The summed E-state index contributed by atoms with van der Waals surface area (Å²) in [4.78, 5) is 52.8. The van der Waals surface area contributed by atoms with Gasteiger partial charge in [0.15, 0.2) is 11.3 Å². The number of nitrogens with one attached hydrogen (secondary N) is 3. The summed E-state index contributed by atoms with van der Waals surface area (Å²) in [7, 11) is 4.00. The van der Waals surface area contributed by atoms with E-state index < -0.39 is 11.2 Å². The van der Waals surface area contributed by atoms with Crippen molar-refractivity contribution in [1.29, 1.82) is 0 Å². The Hall–Kier alpha value is -3.98. The Morgan fingerprint density at radius 2 is 1.29 bits per heavy atom. The average molecular weight is 744 g/mol. The molecule has 14 nitrogen and oxygen atoms in total. The standard InChI is InChI=1S/C17H25N5O2.C11H22N2O2.C6H4BrN3/c1-17(2,3)24-16(23)22-9-6-12(7-10-22)21(4)14-11-19-15-13(20-14)5-8-18-15;1-11(2,3)15-10(14)13-7-5-9(12-4)6-8-13;7-5-3-9-6-4(10-5)1-2-8-6/h5,8,11-12H,6-7,9-10H2,1-4H3,(H,18,19);9,12H,5-8H2,1-4H3;1-3H,(H,8,9). The van der Waals surface area contributed by atoms with Crippen molar-refractivity contribution >= 4 is 56.3 Å². The van der Waals surface area contributed by atoms with E-state index in [9.17, 15) is 9.59 Å². The van der Waals surface area contributed by atoms with Crippen molar-refractivity contribution in [2.75, 3.05) is 45.2 Å². The first-order valence-electron chi connectivity index (χ1n) is 16.7. The van der Waals surface area contributed by atoms with Crippen LogP contribution in [0.1, 0.15) is 67.2 Å². The summed E-state index contributed by atoms with van der Waals surface area (Å²) in [6.45, 7) is 14.3. The Morgan fingerprint density at radius 1 is 0.816 bits per heavy atom. The maximum Gasteiger partial charge on any atom is 0.410 e. The third-order valence-corrected chi connectivity index (χ3v) is 8.44. The number of H-pyrrole nitrogens is 2. The number of nitrogens with zero attached hydrogens (tertiary/aromatic N) is 7. The van der Waals surface area contributed by atoms with Gasteiger partial charge in [0.25, 0.3) is 0 Å². The molecule has 0 unspecified atom stereocenters. The third kappa shape index (κ3) is 11.6. The zero-order valence-corrected chi connectivity index (χ0v) is 31.5. The molecule has 268 valence electrons. The van der Waals surface area contributed by atoms with Crippen molar-refractivity contribution in [3.05, 3.63) is 41.5 Å². The summed E-state index contributed by atoms with van der Waals surface area (Å²) < 4.78 is 11.5. The number of anilines is 1. The molecule has 4 aromatic rings. The van der Waals surface area contributed by atoms with E-state index in [0.29, 0.717) is 25.2 Å². The fourth-order valence-corrected chi connectivity index (χ4v) is 5.72. The van der Waals surface area contributed by atoms with Crippen molar-refractivity contribution in [2.24, 2.45) is 0 Å². The molecule has 0 atom stereocenters. The third-order valence-electron chi connectivity index (χ3n) is 8.06. The highest BCUT2D eigenvalue weighted by molar-refractivity contribution is 9.10. The van der Waals surface area contributed by atoms with Crippen LogP contribution in [0, 0.1) is 0 Å². The number of aromatic nitrogens is 6. The number of carbonyl (C=O) groups is 2. The van der Waals surface area contributed by atoms with Crippen LogP contribution in [0.4, 0.5) is 15.4 Å². The first kappa shape index (κ1) is 37.8. The van der Waals surface area contributed by atoms with Gasteiger partial charge >= 0.3 is 12.2 Å². The van der Waals surface area contributed by atoms with Crippen LogP contribution in [-0.4, -0.2) is 115 Å². The molecule has 49 heavy (non-hydrogen) atoms. The number of hydrogen-bond acceptors (Lipinski definition) is 10. The maximum atomic E-state index is 12.1. The normalized spacial score (nSPS) is 16.0. The lowest BCUT2D eigenvalue weighted by atomic mass is 10.0. The van der Waals surface area contributed by atoms with E-state index in [1.165, 1.54) is 0 Å². The van der Waals surface area contributed by atoms with Gasteiger partial charge in [0.05, 0.1) is 12.4 Å². The van der Waals surface area contributed by atoms with Gasteiger partial charge < -0.3 is 39.5 Å². The minimum Gasteiger partial charge on any atom is -0.444 e. The Labute approximate surface area is 296 Å². The summed E-state index contributed by atoms with van der Waals surface area (Å²) in [5.41, 5.74) is 2.53. The van der Waals surface area contributed by atoms with Crippen molar-refractivity contribution in [3.63, 3.8) is 0 Å². The van der Waals surface area contributed by atoms with Gasteiger partial charge in [0.2, 0.25) is 0 Å². The van der Waals surface area contributed by atoms with Crippen LogP contribution in [-0.2, 0) is 9.47 Å². The van der Waals surface area contributed by atoms with Crippen LogP contribution in [0.3, 0.4) is 0 Å². The monoisotopic (exact) mass is 742 g/mol. The minimum absolute atomic E-state index is 0.183. The lowest BCUT2D eigenvalue weighted by molar-refractivity contribution is 0.0192. The van der Waals surface area contributed by atoms with Crippen LogP contribution in [0.15, 0.2) is 41.5 Å². The molecular weight excluding hydrogens is 692 g/mol. The van der Waals surface area contributed by atoms with Gasteiger partial charge in [0, 0.05) is 57.7 Å². The number of likely N-dealkylation sites (tertiary alicyclic amines) is 2. The number of amides is 2. The highest BCUT2D eigenvalue weighted by Crippen LogP contribution is 2.23. The number of rotatable bonds is 3. The largest absolute Gasteiger partial charge is 0.444 e. The number of hydrogen-bond donors (Lipinski definition) is 3. The smallest absolute Gasteiger partial charge is 0.410 e. The van der Waals surface area contributed by atoms with Crippen LogP contribution in [0.2, 0.25) is 0 Å². The van der Waals surface area contributed by atoms with Crippen LogP contribution < -0.4 is 10.2 Å². The molecule has 0 aromatic carbocycles. The quantitative estimate of drug-likeness (QED) is 0.223. The molecule has 2 fully saturated rings. The van der Waals surface area contributed by atoms with Gasteiger partial charge in [-0.25, -0.2) is 29.5 Å². The molecule has 4 aromatic heterocycles. The maximum absolute atomic E-state index is 12.1. The Balaban J connectivity index is 0.000000183. The molecule has 0 spiro atoms. The van der Waals surface area contributed by atoms with E-state index in [2.05, 4.69) is 56.1 Å². The summed E-state index contributed by atoms with van der Waals surface area (Å²) in [6, 6.07) is 4.69. The first-order chi connectivity index (χ1) is 23.1. The summed E-state index contributed by atoms with van der Waals surface area (Å²) in [6.07, 6.45) is 10.5. The molecule has 2 aliphatic heterocycles. The predicted molar refractivity (Wildman–Crippen MR) is 195 cm³/mol. The molecule has 3 N–H and O–H groups in total. The second kappa shape index (κ2) is 16.6. The number of carbonyl (C=O) groups excluding carboxylic acids is 2. The second-order valence-corrected chi connectivity index (χ2v) is 15.0. The Bertz CT molecular complexity index is 1650. The molecule has 0 aliphatic carbocycles. The fourth-order valence-electron chi connectivity index (χ4n) is 5.42. The van der Waals surface area contributed by atoms with E-state index in [-0.39, 0.29) is 12.2 Å². The number of ether oxygens (including phenoxy) is 2. The summed E-state index contributed by atoms with van der Waals surface area (Å²) in [5, 5.41) is 3.23. The molecular formula is C34H51BrN10O4. The van der Waals surface area contributed by atoms with Gasteiger partial charge in [-0.15, -0.1) is 0 Å². The summed E-state index contributed by atoms with van der Waals surface area (Å²) in [5.74, 6) is 0.859. The average Bonchev–Trinajstić information content (AvgIpc) is 3.72. The zero-order valence-electron chi connectivity index (χ0n) is 29.9. The SMILES string of the molecule is Brc1cnc2[nH]ccc2n1.CN(c1cnc2[nH]ccc2n1)C1CCN(C(=O)OC(C)(C)C)CC1.CNC1CCN(C(=O)OC(C)(C)C)CC1. The molecule has 0 radical (unpaired) electrons. The highest BCUT2D eigenvalue weighted by Gasteiger charge is 2.29. The fraction of sp³-hybridized carbons (Fsp3) is 0.588. The Morgan fingerprint density at radius 3 is 1.78 bits per heavy atom. The van der Waals surface area contributed by atoms with Crippen LogP contribution in [0.5, 0.6) is 0 Å². The second-order valence-electron chi connectivity index (χ2n) is 14.2. The lowest BCUT2D eigenvalue weighted by Crippen LogP contribution is -2.47. The number of aromatic amines is 2. The summed E-state index contributed by atoms with van der Waals surface area (Å²) >= 11 is 3.23. The predicted octanol–water partition coefficient (Wildman–Crippen LogP) is 6.12. The molecule has 2 amide bonds. The molecule has 2 saturated heterocycles. The number of halogens is 1. The van der Waals surface area contributed by atoms with E-state index in [1.54, 1.807) is 22.2 Å². The molecule has 2 aliphatic rings. The van der Waals surface area contributed by atoms with E-state index in [0.717, 1.165) is 71.5 Å². The van der Waals surface area contributed by atoms with Crippen LogP contribution >= 0.6 is 15.9 Å². The van der Waals surface area contributed by atoms with Gasteiger partial charge in [-0.05, 0) is 102 Å². The van der Waals surface area contributed by atoms with Gasteiger partial charge in [-0.1, -0.05) is 0 Å². The van der Waals surface area contributed by atoms with Crippen molar-refractivity contribution in [2.45, 2.75) is 90.5 Å². The highest BCUT2D eigenvalue weighted by atomic mass is 79.9. The molecule has 6 heterocycles. The zero-order chi connectivity index (χ0) is 35.8. The van der Waals surface area contributed by atoms with Gasteiger partial charge in [0.1, 0.15) is 32.7 Å². The molecule has 15 heteroatoms. The van der Waals surface area contributed by atoms with Crippen molar-refractivity contribution in [1.82, 2.24) is 45.0 Å². The minimum atomic E-state index is -0.452. The van der Waals surface area contributed by atoms with E-state index in [4.69, 9.17) is 9.47 Å². The van der Waals surface area contributed by atoms with Crippen LogP contribution in [0.25, 0.3) is 22.3 Å². The Kier molecular flexibility index (Phi) is 12.8. The molecule has 0 saturated carbocycles. The van der Waals surface area contributed by atoms with Crippen molar-refractivity contribution < 1.29 is 19.1 Å². The number of fused-ring (bicyclic) bond motifs is 2. The van der Waals surface area contributed by atoms with E-state index >= 15 is 0 Å². The van der Waals surface area contributed by atoms with Crippen molar-refractivity contribution in [3.8, 4) is 0 Å². The van der Waals surface area contributed by atoms with Gasteiger partial charge in [-0.2, -0.15) is 0 Å². The topological polar surface area (TPSA) is 157 Å². The van der Waals surface area contributed by atoms with Gasteiger partial charge in [-0.3, -0.25) is 0 Å². The van der Waals surface area contributed by atoms with E-state index in [1.807, 2.05) is 80.2 Å². The number of piperidine rings is 2. The first-order valence-corrected chi connectivity index (χ1v) is 17.5.